The third-order valence-electron chi connectivity index (χ3n) is 5.15. The van der Waals surface area contributed by atoms with Gasteiger partial charge in [-0.1, -0.05) is 0 Å². The quantitative estimate of drug-likeness (QED) is 0.673. The fourth-order valence-corrected chi connectivity index (χ4v) is 3.77. The van der Waals surface area contributed by atoms with E-state index in [1.165, 1.54) is 12.1 Å². The number of benzene rings is 1. The van der Waals surface area contributed by atoms with Crippen molar-refractivity contribution in [3.63, 3.8) is 0 Å². The van der Waals surface area contributed by atoms with Gasteiger partial charge in [0.15, 0.2) is 5.82 Å². The molecule has 31 heavy (non-hydrogen) atoms. The Morgan fingerprint density at radius 1 is 1.23 bits per heavy atom. The molecule has 4 rings (SSSR count). The number of piperidine rings is 1. The predicted octanol–water partition coefficient (Wildman–Crippen LogP) is 3.97. The van der Waals surface area contributed by atoms with E-state index in [4.69, 9.17) is 0 Å². The number of anilines is 1. The van der Waals surface area contributed by atoms with Crippen molar-refractivity contribution < 1.29 is 17.9 Å². The fourth-order valence-electron chi connectivity index (χ4n) is 3.77. The molecule has 3 aromatic rings. The lowest BCUT2D eigenvalue weighted by Gasteiger charge is -2.30. The summed E-state index contributed by atoms with van der Waals surface area (Å²) in [4.78, 5) is 6.44. The Hall–Kier alpha value is -3.45. The van der Waals surface area contributed by atoms with Crippen LogP contribution in [0.25, 0.3) is 22.0 Å². The number of pyridine rings is 1. The normalized spacial score (nSPS) is 17.3. The highest BCUT2D eigenvalue weighted by atomic mass is 19.4. The number of alkyl halides is 3. The molecule has 7 nitrogen and oxygen atoms in total. The van der Waals surface area contributed by atoms with Crippen LogP contribution < -0.4 is 10.1 Å². The maximum absolute atomic E-state index is 12.6. The SMILES string of the molecule is CN1CCCC(Nc2nnc(-c3ccc(OC(F)(F)F)c(C#N)c3)c3ccncc23)C1. The van der Waals surface area contributed by atoms with Gasteiger partial charge < -0.3 is 15.0 Å². The van der Waals surface area contributed by atoms with E-state index in [1.807, 2.05) is 0 Å². The molecule has 1 atom stereocenters. The first-order chi connectivity index (χ1) is 14.8. The van der Waals surface area contributed by atoms with E-state index < -0.39 is 12.1 Å². The first-order valence-corrected chi connectivity index (χ1v) is 9.70. The van der Waals surface area contributed by atoms with Gasteiger partial charge in [-0.25, -0.2) is 0 Å². The van der Waals surface area contributed by atoms with Crippen LogP contribution in [-0.4, -0.2) is 52.6 Å². The summed E-state index contributed by atoms with van der Waals surface area (Å²) in [6, 6.07) is 7.59. The number of halogens is 3. The maximum Gasteiger partial charge on any atom is 0.573 e. The summed E-state index contributed by atoms with van der Waals surface area (Å²) < 4.78 is 41.7. The number of rotatable bonds is 4. The second-order valence-electron chi connectivity index (χ2n) is 7.43. The van der Waals surface area contributed by atoms with Gasteiger partial charge in [-0.3, -0.25) is 4.98 Å². The Labute approximate surface area is 176 Å². The Balaban J connectivity index is 1.72. The topological polar surface area (TPSA) is 87.0 Å². The van der Waals surface area contributed by atoms with E-state index in [1.54, 1.807) is 24.5 Å². The largest absolute Gasteiger partial charge is 0.573 e. The molecular formula is C21H19F3N6O. The van der Waals surface area contributed by atoms with Gasteiger partial charge >= 0.3 is 6.36 Å². The van der Waals surface area contributed by atoms with Crippen molar-refractivity contribution in [3.8, 4) is 23.1 Å². The third-order valence-corrected chi connectivity index (χ3v) is 5.15. The van der Waals surface area contributed by atoms with Crippen LogP contribution in [0.15, 0.2) is 36.7 Å². The molecule has 10 heteroatoms. The summed E-state index contributed by atoms with van der Waals surface area (Å²) >= 11 is 0. The first kappa shape index (κ1) is 20.8. The van der Waals surface area contributed by atoms with Crippen molar-refractivity contribution in [1.29, 1.82) is 5.26 Å². The molecule has 0 bridgehead atoms. The lowest BCUT2D eigenvalue weighted by atomic mass is 10.0. The van der Waals surface area contributed by atoms with Gasteiger partial charge in [-0.05, 0) is 50.7 Å². The number of hydrogen-bond donors (Lipinski definition) is 1. The molecule has 3 heterocycles. The van der Waals surface area contributed by atoms with Crippen LogP contribution in [0.4, 0.5) is 19.0 Å². The van der Waals surface area contributed by atoms with Crippen molar-refractivity contribution in [1.82, 2.24) is 20.1 Å². The highest BCUT2D eigenvalue weighted by Gasteiger charge is 2.32. The number of ether oxygens (including phenoxy) is 1. The number of nitrogens with one attached hydrogen (secondary N) is 1. The molecule has 1 aromatic carbocycles. The number of fused-ring (bicyclic) bond motifs is 1. The van der Waals surface area contributed by atoms with E-state index in [9.17, 15) is 18.4 Å². The van der Waals surface area contributed by atoms with E-state index >= 15 is 0 Å². The number of hydrogen-bond acceptors (Lipinski definition) is 7. The van der Waals surface area contributed by atoms with E-state index in [2.05, 4.69) is 37.2 Å². The van der Waals surface area contributed by atoms with Crippen LogP contribution in [0.3, 0.4) is 0 Å². The van der Waals surface area contributed by atoms with Crippen molar-refractivity contribution in [3.05, 3.63) is 42.2 Å². The standard InChI is InChI=1S/C21H19F3N6O/c1-30-8-2-3-15(12-30)27-20-17-11-26-7-6-16(17)19(28-29-20)13-4-5-18(14(9-13)10-25)31-21(22,23)24/h4-7,9,11,15H,2-3,8,12H2,1H3,(H,27,29). The van der Waals surface area contributed by atoms with E-state index in [-0.39, 0.29) is 11.6 Å². The molecule has 0 aliphatic carbocycles. The minimum atomic E-state index is -4.88. The first-order valence-electron chi connectivity index (χ1n) is 9.70. The van der Waals surface area contributed by atoms with Crippen LogP contribution in [0.5, 0.6) is 5.75 Å². The zero-order chi connectivity index (χ0) is 22.0. The molecule has 1 saturated heterocycles. The molecule has 1 aliphatic rings. The van der Waals surface area contributed by atoms with Crippen LogP contribution >= 0.6 is 0 Å². The van der Waals surface area contributed by atoms with Gasteiger partial charge in [0.05, 0.1) is 5.56 Å². The summed E-state index contributed by atoms with van der Waals surface area (Å²) in [6.07, 6.45) is 0.499. The molecule has 2 aromatic heterocycles. The third kappa shape index (κ3) is 4.67. The van der Waals surface area contributed by atoms with Gasteiger partial charge in [0.2, 0.25) is 0 Å². The van der Waals surface area contributed by atoms with Gasteiger partial charge in [-0.15, -0.1) is 23.4 Å². The number of nitrogens with zero attached hydrogens (tertiary/aromatic N) is 5. The highest BCUT2D eigenvalue weighted by molar-refractivity contribution is 5.99. The lowest BCUT2D eigenvalue weighted by Crippen LogP contribution is -2.40. The number of aromatic nitrogens is 3. The molecule has 1 unspecified atom stereocenters. The smallest absolute Gasteiger partial charge is 0.404 e. The van der Waals surface area contributed by atoms with Crippen molar-refractivity contribution in [2.75, 3.05) is 25.5 Å². The zero-order valence-electron chi connectivity index (χ0n) is 16.6. The highest BCUT2D eigenvalue weighted by Crippen LogP contribution is 2.33. The molecule has 0 radical (unpaired) electrons. The van der Waals surface area contributed by atoms with Crippen molar-refractivity contribution in [2.24, 2.45) is 0 Å². The predicted molar refractivity (Wildman–Crippen MR) is 108 cm³/mol. The molecule has 160 valence electrons. The second-order valence-corrected chi connectivity index (χ2v) is 7.43. The van der Waals surface area contributed by atoms with Crippen LogP contribution in [-0.2, 0) is 0 Å². The summed E-state index contributed by atoms with van der Waals surface area (Å²) in [7, 11) is 2.07. The molecule has 1 fully saturated rings. The minimum absolute atomic E-state index is 0.228. The average Bonchev–Trinajstić information content (AvgIpc) is 2.73. The molecule has 0 saturated carbocycles. The van der Waals surface area contributed by atoms with Gasteiger partial charge in [-0.2, -0.15) is 5.26 Å². The van der Waals surface area contributed by atoms with Gasteiger partial charge in [0.1, 0.15) is 17.5 Å². The molecule has 0 spiro atoms. The maximum atomic E-state index is 12.6. The summed E-state index contributed by atoms with van der Waals surface area (Å²) in [6.45, 7) is 1.94. The number of likely N-dealkylation sites (tertiary alicyclic amines) is 1. The van der Waals surface area contributed by atoms with E-state index in [0.717, 1.165) is 42.8 Å². The summed E-state index contributed by atoms with van der Waals surface area (Å²) in [5.41, 5.74) is 0.656. The second kappa shape index (κ2) is 8.35. The average molecular weight is 428 g/mol. The van der Waals surface area contributed by atoms with Gasteiger partial charge in [0, 0.05) is 41.3 Å². The Bertz CT molecular complexity index is 1140. The Kier molecular flexibility index (Phi) is 5.61. The van der Waals surface area contributed by atoms with Crippen LogP contribution in [0, 0.1) is 11.3 Å². The molecule has 1 aliphatic heterocycles. The fraction of sp³-hybridized carbons (Fsp3) is 0.333. The van der Waals surface area contributed by atoms with Gasteiger partial charge in [0.25, 0.3) is 0 Å². The van der Waals surface area contributed by atoms with Crippen LogP contribution in [0.1, 0.15) is 18.4 Å². The van der Waals surface area contributed by atoms with Crippen molar-refractivity contribution in [2.45, 2.75) is 25.2 Å². The van der Waals surface area contributed by atoms with Crippen molar-refractivity contribution >= 4 is 16.6 Å². The summed E-state index contributed by atoms with van der Waals surface area (Å²) in [5, 5.41) is 22.8. The Morgan fingerprint density at radius 3 is 2.81 bits per heavy atom. The molecule has 1 N–H and O–H groups in total. The van der Waals surface area contributed by atoms with Crippen LogP contribution in [0.2, 0.25) is 0 Å². The molecular weight excluding hydrogens is 409 g/mol. The lowest BCUT2D eigenvalue weighted by molar-refractivity contribution is -0.274. The zero-order valence-corrected chi connectivity index (χ0v) is 16.6. The van der Waals surface area contributed by atoms with E-state index in [0.29, 0.717) is 17.1 Å². The molecule has 0 amide bonds. The Morgan fingerprint density at radius 2 is 2.06 bits per heavy atom. The monoisotopic (exact) mass is 428 g/mol. The summed E-state index contributed by atoms with van der Waals surface area (Å²) in [5.74, 6) is 0.0436. The number of likely N-dealkylation sites (N-methyl/N-ethyl adjacent to an activating group) is 1. The number of nitriles is 1. The minimum Gasteiger partial charge on any atom is -0.404 e.